The molecular weight excluding hydrogens is 446 g/mol. The van der Waals surface area contributed by atoms with Gasteiger partial charge in [-0.25, -0.2) is 0 Å². The molecule has 0 saturated carbocycles. The van der Waals surface area contributed by atoms with E-state index in [2.05, 4.69) is 21.2 Å². The minimum absolute atomic E-state index is 0.0984. The van der Waals surface area contributed by atoms with Gasteiger partial charge >= 0.3 is 0 Å². The van der Waals surface area contributed by atoms with Gasteiger partial charge in [0.05, 0.1) is 14.2 Å². The molecule has 19 heavy (non-hydrogen) atoms. The second kappa shape index (κ2) is 6.06. The van der Waals surface area contributed by atoms with Crippen molar-refractivity contribution in [1.29, 1.82) is 0 Å². The van der Waals surface area contributed by atoms with Crippen molar-refractivity contribution in [2.24, 2.45) is 0 Å². The molecule has 0 radical (unpaired) electrons. The maximum Gasteiger partial charge on any atom is 0.282 e. The van der Waals surface area contributed by atoms with E-state index in [0.29, 0.717) is 8.59 Å². The lowest BCUT2D eigenvalue weighted by atomic mass is 10.2. The van der Waals surface area contributed by atoms with Crippen LogP contribution in [0.3, 0.4) is 0 Å². The molecule has 0 spiro atoms. The van der Waals surface area contributed by atoms with Crippen molar-refractivity contribution in [3.8, 4) is 0 Å². The van der Waals surface area contributed by atoms with Crippen LogP contribution in [0, 0.1) is 13.7 Å². The Balaban J connectivity index is 2.29. The Hall–Kier alpha value is -0.860. The van der Waals surface area contributed by atoms with E-state index in [9.17, 15) is 10.1 Å². The SMILES string of the molecule is O=[N+]([O-])c1ccc(Nc2ccc(Cl)cc2Br)cc1I. The Kier molecular flexibility index (Phi) is 4.64. The molecule has 0 bridgehead atoms. The molecule has 2 rings (SSSR count). The summed E-state index contributed by atoms with van der Waals surface area (Å²) >= 11 is 11.2. The molecule has 2 aromatic carbocycles. The highest BCUT2D eigenvalue weighted by Crippen LogP contribution is 2.30. The van der Waals surface area contributed by atoms with Crippen LogP contribution in [0.25, 0.3) is 0 Å². The third-order valence-corrected chi connectivity index (χ3v) is 4.11. The van der Waals surface area contributed by atoms with E-state index < -0.39 is 4.92 Å². The Morgan fingerprint density at radius 3 is 2.58 bits per heavy atom. The van der Waals surface area contributed by atoms with Crippen molar-refractivity contribution in [3.05, 3.63) is 59.6 Å². The molecule has 4 nitrogen and oxygen atoms in total. The van der Waals surface area contributed by atoms with E-state index in [4.69, 9.17) is 11.6 Å². The highest BCUT2D eigenvalue weighted by Gasteiger charge is 2.12. The molecule has 0 aliphatic heterocycles. The molecule has 0 heterocycles. The van der Waals surface area contributed by atoms with E-state index in [1.165, 1.54) is 6.07 Å². The minimum Gasteiger partial charge on any atom is -0.355 e. The molecule has 7 heteroatoms. The maximum absolute atomic E-state index is 10.7. The standard InChI is InChI=1S/C12H7BrClIN2O2/c13-9-5-7(14)1-3-11(9)16-8-2-4-12(17(18)19)10(15)6-8/h1-6,16H. The van der Waals surface area contributed by atoms with Gasteiger partial charge in [-0.15, -0.1) is 0 Å². The van der Waals surface area contributed by atoms with Gasteiger partial charge in [0.25, 0.3) is 5.69 Å². The van der Waals surface area contributed by atoms with E-state index in [-0.39, 0.29) is 5.69 Å². The molecule has 2 aromatic rings. The molecule has 0 unspecified atom stereocenters. The summed E-state index contributed by atoms with van der Waals surface area (Å²) in [5.74, 6) is 0. The van der Waals surface area contributed by atoms with Gasteiger partial charge in [0.2, 0.25) is 0 Å². The van der Waals surface area contributed by atoms with Gasteiger partial charge in [-0.3, -0.25) is 10.1 Å². The molecule has 98 valence electrons. The van der Waals surface area contributed by atoms with Crippen molar-refractivity contribution < 1.29 is 4.92 Å². The summed E-state index contributed by atoms with van der Waals surface area (Å²) in [6.07, 6.45) is 0. The predicted molar refractivity (Wildman–Crippen MR) is 88.2 cm³/mol. The molecular formula is C12H7BrClIN2O2. The van der Waals surface area contributed by atoms with Crippen molar-refractivity contribution in [3.63, 3.8) is 0 Å². The number of halogens is 3. The number of nitro benzene ring substituents is 1. The highest BCUT2D eigenvalue weighted by atomic mass is 127. The number of anilines is 2. The normalized spacial score (nSPS) is 10.3. The summed E-state index contributed by atoms with van der Waals surface area (Å²) in [7, 11) is 0. The Morgan fingerprint density at radius 2 is 2.00 bits per heavy atom. The fourth-order valence-electron chi connectivity index (χ4n) is 1.48. The summed E-state index contributed by atoms with van der Waals surface area (Å²) in [5, 5.41) is 14.5. The van der Waals surface area contributed by atoms with E-state index in [0.717, 1.165) is 15.8 Å². The molecule has 0 fully saturated rings. The number of rotatable bonds is 3. The third kappa shape index (κ3) is 3.58. The third-order valence-electron chi connectivity index (χ3n) is 2.35. The molecule has 0 amide bonds. The largest absolute Gasteiger partial charge is 0.355 e. The smallest absolute Gasteiger partial charge is 0.282 e. The van der Waals surface area contributed by atoms with Crippen LogP contribution in [-0.2, 0) is 0 Å². The molecule has 0 aliphatic rings. The van der Waals surface area contributed by atoms with Crippen LogP contribution in [0.15, 0.2) is 40.9 Å². The molecule has 0 atom stereocenters. The Morgan fingerprint density at radius 1 is 1.26 bits per heavy atom. The van der Waals surface area contributed by atoms with E-state index in [1.807, 2.05) is 28.7 Å². The first kappa shape index (κ1) is 14.5. The second-order valence-electron chi connectivity index (χ2n) is 3.67. The number of nitrogens with one attached hydrogen (secondary N) is 1. The van der Waals surface area contributed by atoms with Crippen LogP contribution < -0.4 is 5.32 Å². The van der Waals surface area contributed by atoms with Crippen LogP contribution in [0.4, 0.5) is 17.1 Å². The first-order valence-corrected chi connectivity index (χ1v) is 7.38. The van der Waals surface area contributed by atoms with Crippen LogP contribution in [0.5, 0.6) is 0 Å². The van der Waals surface area contributed by atoms with Crippen molar-refractivity contribution in [1.82, 2.24) is 0 Å². The quantitative estimate of drug-likeness (QED) is 0.387. The van der Waals surface area contributed by atoms with Gasteiger partial charge in [-0.05, 0) is 68.9 Å². The average molecular weight is 453 g/mol. The van der Waals surface area contributed by atoms with Crippen LogP contribution >= 0.6 is 50.1 Å². The lowest BCUT2D eigenvalue weighted by molar-refractivity contribution is -0.385. The summed E-state index contributed by atoms with van der Waals surface area (Å²) in [6, 6.07) is 10.3. The fraction of sp³-hybridized carbons (Fsp3) is 0. The topological polar surface area (TPSA) is 55.2 Å². The summed E-state index contributed by atoms with van der Waals surface area (Å²) in [6.45, 7) is 0. The fourth-order valence-corrected chi connectivity index (χ4v) is 2.97. The molecule has 0 saturated heterocycles. The monoisotopic (exact) mass is 452 g/mol. The van der Waals surface area contributed by atoms with Gasteiger partial charge in [0.15, 0.2) is 0 Å². The van der Waals surface area contributed by atoms with Gasteiger partial charge in [0, 0.05) is 21.2 Å². The Bertz CT molecular complexity index is 652. The number of hydrogen-bond donors (Lipinski definition) is 1. The summed E-state index contributed by atoms with van der Waals surface area (Å²) in [4.78, 5) is 10.3. The first-order chi connectivity index (χ1) is 8.97. The molecule has 0 aromatic heterocycles. The van der Waals surface area contributed by atoms with Gasteiger partial charge in [-0.2, -0.15) is 0 Å². The minimum atomic E-state index is -0.399. The summed E-state index contributed by atoms with van der Waals surface area (Å²) in [5.41, 5.74) is 1.72. The van der Waals surface area contributed by atoms with E-state index >= 15 is 0 Å². The number of nitrogens with zero attached hydrogens (tertiary/aromatic N) is 1. The zero-order valence-electron chi connectivity index (χ0n) is 9.36. The first-order valence-electron chi connectivity index (χ1n) is 5.13. The zero-order chi connectivity index (χ0) is 14.0. The molecule has 1 N–H and O–H groups in total. The average Bonchev–Trinajstić information content (AvgIpc) is 2.32. The van der Waals surface area contributed by atoms with Gasteiger partial charge < -0.3 is 5.32 Å². The van der Waals surface area contributed by atoms with Gasteiger partial charge in [0.1, 0.15) is 0 Å². The zero-order valence-corrected chi connectivity index (χ0v) is 13.9. The van der Waals surface area contributed by atoms with Crippen molar-refractivity contribution in [2.75, 3.05) is 5.32 Å². The van der Waals surface area contributed by atoms with Crippen LogP contribution in [-0.4, -0.2) is 4.92 Å². The lowest BCUT2D eigenvalue weighted by Gasteiger charge is -2.09. The number of hydrogen-bond acceptors (Lipinski definition) is 3. The van der Waals surface area contributed by atoms with Crippen molar-refractivity contribution >= 4 is 67.2 Å². The van der Waals surface area contributed by atoms with Crippen LogP contribution in [0.2, 0.25) is 5.02 Å². The number of nitro groups is 1. The van der Waals surface area contributed by atoms with Crippen LogP contribution in [0.1, 0.15) is 0 Å². The Labute approximate surface area is 136 Å². The summed E-state index contributed by atoms with van der Waals surface area (Å²) < 4.78 is 1.41. The predicted octanol–water partition coefficient (Wildman–Crippen LogP) is 5.36. The highest BCUT2D eigenvalue weighted by molar-refractivity contribution is 14.1. The van der Waals surface area contributed by atoms with Crippen molar-refractivity contribution in [2.45, 2.75) is 0 Å². The second-order valence-corrected chi connectivity index (χ2v) is 6.13. The van der Waals surface area contributed by atoms with E-state index in [1.54, 1.807) is 24.3 Å². The molecule has 0 aliphatic carbocycles. The van der Waals surface area contributed by atoms with Gasteiger partial charge in [-0.1, -0.05) is 11.6 Å². The lowest BCUT2D eigenvalue weighted by Crippen LogP contribution is -1.95. The maximum atomic E-state index is 10.7. The number of benzene rings is 2.